The van der Waals surface area contributed by atoms with Crippen LogP contribution in [0.15, 0.2) is 48.5 Å². The van der Waals surface area contributed by atoms with Crippen LogP contribution in [0.25, 0.3) is 11.3 Å². The van der Waals surface area contributed by atoms with Crippen molar-refractivity contribution in [2.24, 2.45) is 0 Å². The Hall–Kier alpha value is -1.97. The van der Waals surface area contributed by atoms with E-state index in [1.165, 1.54) is 5.56 Å². The molecule has 2 fully saturated rings. The van der Waals surface area contributed by atoms with Crippen molar-refractivity contribution in [3.05, 3.63) is 75.7 Å². The van der Waals surface area contributed by atoms with Gasteiger partial charge in [-0.2, -0.15) is 0 Å². The van der Waals surface area contributed by atoms with Gasteiger partial charge in [0.2, 0.25) is 0 Å². The lowest BCUT2D eigenvalue weighted by atomic mass is 9.95. The normalized spacial score (nSPS) is 17.9. The van der Waals surface area contributed by atoms with E-state index in [-0.39, 0.29) is 5.41 Å². The quantitative estimate of drug-likeness (QED) is 0.572. The first-order chi connectivity index (χ1) is 12.7. The van der Waals surface area contributed by atoms with Gasteiger partial charge in [-0.1, -0.05) is 53.5 Å². The Bertz CT molecular complexity index is 977. The first-order valence-corrected chi connectivity index (χ1v) is 9.69. The summed E-state index contributed by atoms with van der Waals surface area (Å²) < 4.78 is 0. The van der Waals surface area contributed by atoms with Crippen molar-refractivity contribution < 1.29 is 0 Å². The highest BCUT2D eigenvalue weighted by atomic mass is 35.5. The van der Waals surface area contributed by atoms with Crippen LogP contribution < -0.4 is 0 Å². The third kappa shape index (κ3) is 2.70. The van der Waals surface area contributed by atoms with E-state index in [0.717, 1.165) is 53.5 Å². The molecule has 3 aromatic rings. The second-order valence-electron chi connectivity index (χ2n) is 7.21. The van der Waals surface area contributed by atoms with Gasteiger partial charge < -0.3 is 0 Å². The molecule has 5 heteroatoms. The van der Waals surface area contributed by atoms with Gasteiger partial charge in [0.1, 0.15) is 5.69 Å². The molecule has 2 saturated carbocycles. The van der Waals surface area contributed by atoms with Crippen molar-refractivity contribution in [2.45, 2.75) is 37.0 Å². The fourth-order valence-electron chi connectivity index (χ4n) is 3.56. The van der Waals surface area contributed by atoms with Crippen LogP contribution in [0.3, 0.4) is 0 Å². The van der Waals surface area contributed by atoms with Gasteiger partial charge in [-0.05, 0) is 49.4 Å². The minimum Gasteiger partial charge on any atom is -0.232 e. The van der Waals surface area contributed by atoms with Crippen molar-refractivity contribution in [2.75, 3.05) is 0 Å². The highest BCUT2D eigenvalue weighted by Gasteiger charge is 2.49. The highest BCUT2D eigenvalue weighted by Crippen LogP contribution is 2.53. The van der Waals surface area contributed by atoms with E-state index in [0.29, 0.717) is 10.9 Å². The molecule has 0 amide bonds. The van der Waals surface area contributed by atoms with Gasteiger partial charge in [0, 0.05) is 16.5 Å². The highest BCUT2D eigenvalue weighted by molar-refractivity contribution is 6.33. The summed E-state index contributed by atoms with van der Waals surface area (Å²) in [5.41, 5.74) is 3.90. The molecule has 130 valence electrons. The number of hydrogen-bond donors (Lipinski definition) is 0. The molecule has 0 unspecified atom stereocenters. The van der Waals surface area contributed by atoms with Crippen molar-refractivity contribution in [3.63, 3.8) is 0 Å². The smallest absolute Gasteiger partial charge is 0.161 e. The molecule has 2 aliphatic rings. The average molecular weight is 382 g/mol. The lowest BCUT2D eigenvalue weighted by molar-refractivity contribution is 0.703. The van der Waals surface area contributed by atoms with E-state index in [1.54, 1.807) is 0 Å². The van der Waals surface area contributed by atoms with E-state index >= 15 is 0 Å². The maximum atomic E-state index is 6.40. The van der Waals surface area contributed by atoms with Crippen LogP contribution in [0, 0.1) is 0 Å². The Morgan fingerprint density at radius 3 is 2.27 bits per heavy atom. The molecule has 0 atom stereocenters. The monoisotopic (exact) mass is 381 g/mol. The predicted octanol–water partition coefficient (Wildman–Crippen LogP) is 5.80. The molecule has 0 saturated heterocycles. The fraction of sp³-hybridized carbons (Fsp3) is 0.286. The van der Waals surface area contributed by atoms with E-state index < -0.39 is 0 Å². The van der Waals surface area contributed by atoms with Gasteiger partial charge in [0.05, 0.1) is 16.1 Å². The van der Waals surface area contributed by atoms with Crippen molar-refractivity contribution >= 4 is 23.2 Å². The summed E-state index contributed by atoms with van der Waals surface area (Å²) in [5, 5.41) is 10.6. The van der Waals surface area contributed by atoms with E-state index in [9.17, 15) is 0 Å². The van der Waals surface area contributed by atoms with Crippen LogP contribution in [0.5, 0.6) is 0 Å². The summed E-state index contributed by atoms with van der Waals surface area (Å²) >= 11 is 12.5. The molecule has 1 aromatic heterocycles. The van der Waals surface area contributed by atoms with E-state index in [4.69, 9.17) is 28.2 Å². The minimum absolute atomic E-state index is 0.111. The van der Waals surface area contributed by atoms with E-state index in [1.807, 2.05) is 36.4 Å². The van der Waals surface area contributed by atoms with Crippen molar-refractivity contribution in [3.8, 4) is 11.3 Å². The summed E-state index contributed by atoms with van der Waals surface area (Å²) in [6.45, 7) is 0. The molecule has 0 aliphatic heterocycles. The molecule has 0 bridgehead atoms. The van der Waals surface area contributed by atoms with Crippen LogP contribution in [0.1, 0.15) is 48.7 Å². The zero-order chi connectivity index (χ0) is 17.7. The van der Waals surface area contributed by atoms with Crippen molar-refractivity contribution in [1.82, 2.24) is 15.2 Å². The largest absolute Gasteiger partial charge is 0.232 e. The van der Waals surface area contributed by atoms with Gasteiger partial charge in [0.15, 0.2) is 5.82 Å². The number of nitrogens with zero attached hydrogens (tertiary/aromatic N) is 3. The van der Waals surface area contributed by atoms with Crippen LogP contribution in [-0.4, -0.2) is 15.2 Å². The third-order valence-corrected chi connectivity index (χ3v) is 5.96. The van der Waals surface area contributed by atoms with Gasteiger partial charge >= 0.3 is 0 Å². The Labute approximate surface area is 162 Å². The molecule has 0 N–H and O–H groups in total. The zero-order valence-electron chi connectivity index (χ0n) is 14.1. The maximum Gasteiger partial charge on any atom is 0.161 e. The Morgan fingerprint density at radius 2 is 1.62 bits per heavy atom. The molecular weight excluding hydrogens is 365 g/mol. The molecule has 3 nitrogen and oxygen atoms in total. The number of aromatic nitrogens is 3. The third-order valence-electron chi connectivity index (χ3n) is 5.38. The second kappa shape index (κ2) is 6.04. The molecule has 1 heterocycles. The Morgan fingerprint density at radius 1 is 0.885 bits per heavy atom. The molecule has 26 heavy (non-hydrogen) atoms. The summed E-state index contributed by atoms with van der Waals surface area (Å²) in [6, 6.07) is 15.8. The first kappa shape index (κ1) is 16.2. The summed E-state index contributed by atoms with van der Waals surface area (Å²) in [5.74, 6) is 1.30. The Balaban J connectivity index is 1.61. The molecule has 2 aliphatic carbocycles. The molecule has 0 spiro atoms. The van der Waals surface area contributed by atoms with Gasteiger partial charge in [-0.25, -0.2) is 4.98 Å². The first-order valence-electron chi connectivity index (χ1n) is 8.93. The molecular formula is C21H17Cl2N3. The maximum absolute atomic E-state index is 6.40. The zero-order valence-corrected chi connectivity index (χ0v) is 15.6. The minimum atomic E-state index is -0.111. The topological polar surface area (TPSA) is 38.7 Å². The Kier molecular flexibility index (Phi) is 3.77. The van der Waals surface area contributed by atoms with Crippen LogP contribution in [0.2, 0.25) is 10.0 Å². The summed E-state index contributed by atoms with van der Waals surface area (Å²) in [6.07, 6.45) is 4.41. The summed E-state index contributed by atoms with van der Waals surface area (Å²) in [4.78, 5) is 5.02. The number of hydrogen-bond acceptors (Lipinski definition) is 3. The lowest BCUT2D eigenvalue weighted by Gasteiger charge is -2.16. The SMILES string of the molecule is Clc1ccc(C2(c3nnc(-c4ccccc4Cl)c(C4CC4)n3)CC2)cc1. The van der Waals surface area contributed by atoms with Crippen LogP contribution in [-0.2, 0) is 5.41 Å². The summed E-state index contributed by atoms with van der Waals surface area (Å²) in [7, 11) is 0. The average Bonchev–Trinajstić information content (AvgIpc) is 3.56. The van der Waals surface area contributed by atoms with Crippen LogP contribution in [0.4, 0.5) is 0 Å². The number of halogens is 2. The number of benzene rings is 2. The predicted molar refractivity (Wildman–Crippen MR) is 104 cm³/mol. The molecule has 0 radical (unpaired) electrons. The fourth-order valence-corrected chi connectivity index (χ4v) is 3.91. The van der Waals surface area contributed by atoms with E-state index in [2.05, 4.69) is 22.3 Å². The van der Waals surface area contributed by atoms with Crippen LogP contribution >= 0.6 is 23.2 Å². The standard InChI is InChI=1S/C21H17Cl2N3/c22-15-9-7-14(8-10-15)21(11-12-21)20-24-18(13-5-6-13)19(25-26-20)16-3-1-2-4-17(16)23/h1-4,7-10,13H,5-6,11-12H2. The van der Waals surface area contributed by atoms with Gasteiger partial charge in [0.25, 0.3) is 0 Å². The second-order valence-corrected chi connectivity index (χ2v) is 8.06. The molecule has 2 aromatic carbocycles. The number of rotatable bonds is 4. The lowest BCUT2D eigenvalue weighted by Crippen LogP contribution is -2.16. The van der Waals surface area contributed by atoms with Crippen molar-refractivity contribution in [1.29, 1.82) is 0 Å². The van der Waals surface area contributed by atoms with Gasteiger partial charge in [-0.3, -0.25) is 0 Å². The molecule has 5 rings (SSSR count). The van der Waals surface area contributed by atoms with Gasteiger partial charge in [-0.15, -0.1) is 10.2 Å².